The number of nitrogens with one attached hydrogen (secondary N) is 1. The average molecular weight is 279 g/mol. The number of hydrogen-bond acceptors (Lipinski definition) is 6. The largest absolute Gasteiger partial charge is 0.364 e. The van der Waals surface area contributed by atoms with Gasteiger partial charge in [-0.2, -0.15) is 0 Å². The van der Waals surface area contributed by atoms with Crippen molar-refractivity contribution in [1.29, 1.82) is 0 Å². The molecule has 1 N–H and O–H groups in total. The molecule has 1 atom stereocenters. The predicted octanol–water partition coefficient (Wildman–Crippen LogP) is 2.44. The molecule has 0 spiro atoms. The van der Waals surface area contributed by atoms with Crippen LogP contribution in [0.2, 0.25) is 0 Å². The van der Waals surface area contributed by atoms with Gasteiger partial charge in [-0.05, 0) is 32.1 Å². The van der Waals surface area contributed by atoms with Crippen LogP contribution in [0.5, 0.6) is 0 Å². The van der Waals surface area contributed by atoms with Gasteiger partial charge >= 0.3 is 5.69 Å². The molecule has 0 bridgehead atoms. The maximum atomic E-state index is 11.4. The SMILES string of the molecule is CCNc1ncnc(N2CCCC(C)CC2)c1[N+](=O)[O-]. The Hall–Kier alpha value is -1.92. The molecule has 0 saturated carbocycles. The van der Waals surface area contributed by atoms with Gasteiger partial charge in [0, 0.05) is 19.6 Å². The number of nitro groups is 1. The summed E-state index contributed by atoms with van der Waals surface area (Å²) in [6, 6.07) is 0. The van der Waals surface area contributed by atoms with Crippen molar-refractivity contribution in [3.8, 4) is 0 Å². The minimum absolute atomic E-state index is 0.0103. The summed E-state index contributed by atoms with van der Waals surface area (Å²) < 4.78 is 0. The molecule has 1 fully saturated rings. The summed E-state index contributed by atoms with van der Waals surface area (Å²) in [4.78, 5) is 21.2. The van der Waals surface area contributed by atoms with Crippen LogP contribution >= 0.6 is 0 Å². The molecule has 20 heavy (non-hydrogen) atoms. The van der Waals surface area contributed by atoms with Crippen molar-refractivity contribution in [3.05, 3.63) is 16.4 Å². The Kier molecular flexibility index (Phi) is 4.70. The van der Waals surface area contributed by atoms with E-state index in [9.17, 15) is 10.1 Å². The Morgan fingerprint density at radius 3 is 2.95 bits per heavy atom. The van der Waals surface area contributed by atoms with Crippen LogP contribution in [-0.2, 0) is 0 Å². The molecule has 0 radical (unpaired) electrons. The quantitative estimate of drug-likeness (QED) is 0.673. The van der Waals surface area contributed by atoms with E-state index in [0.717, 1.165) is 32.4 Å². The third-order valence-corrected chi connectivity index (χ3v) is 3.65. The van der Waals surface area contributed by atoms with Crippen molar-refractivity contribution < 1.29 is 4.92 Å². The summed E-state index contributed by atoms with van der Waals surface area (Å²) in [5.41, 5.74) is -0.0103. The molecule has 1 aromatic rings. The first-order valence-electron chi connectivity index (χ1n) is 7.11. The predicted molar refractivity (Wildman–Crippen MR) is 78.1 cm³/mol. The molecule has 7 heteroatoms. The van der Waals surface area contributed by atoms with Crippen LogP contribution < -0.4 is 10.2 Å². The van der Waals surface area contributed by atoms with Gasteiger partial charge in [0.2, 0.25) is 11.6 Å². The summed E-state index contributed by atoms with van der Waals surface area (Å²) in [6.45, 7) is 6.33. The maximum absolute atomic E-state index is 11.4. The lowest BCUT2D eigenvalue weighted by Gasteiger charge is -2.21. The fourth-order valence-corrected chi connectivity index (χ4v) is 2.54. The lowest BCUT2D eigenvalue weighted by Crippen LogP contribution is -2.26. The second-order valence-electron chi connectivity index (χ2n) is 5.21. The van der Waals surface area contributed by atoms with E-state index in [1.807, 2.05) is 11.8 Å². The third-order valence-electron chi connectivity index (χ3n) is 3.65. The molecule has 1 saturated heterocycles. The van der Waals surface area contributed by atoms with Crippen LogP contribution in [0.25, 0.3) is 0 Å². The summed E-state index contributed by atoms with van der Waals surface area (Å²) in [5.74, 6) is 1.41. The fourth-order valence-electron chi connectivity index (χ4n) is 2.54. The van der Waals surface area contributed by atoms with Gasteiger partial charge in [0.05, 0.1) is 4.92 Å². The molecule has 1 aliphatic heterocycles. The van der Waals surface area contributed by atoms with Gasteiger partial charge in [0.25, 0.3) is 0 Å². The van der Waals surface area contributed by atoms with Gasteiger partial charge in [-0.3, -0.25) is 10.1 Å². The normalized spacial score (nSPS) is 19.5. The second kappa shape index (κ2) is 6.49. The molecule has 2 heterocycles. The van der Waals surface area contributed by atoms with Crippen LogP contribution in [0, 0.1) is 16.0 Å². The first-order chi connectivity index (χ1) is 9.63. The minimum Gasteiger partial charge on any atom is -0.364 e. The summed E-state index contributed by atoms with van der Waals surface area (Å²) >= 11 is 0. The van der Waals surface area contributed by atoms with Crippen LogP contribution in [0.1, 0.15) is 33.1 Å². The molecule has 1 aliphatic rings. The van der Waals surface area contributed by atoms with E-state index in [1.54, 1.807) is 0 Å². The Labute approximate surface area is 118 Å². The van der Waals surface area contributed by atoms with Gasteiger partial charge in [0.1, 0.15) is 6.33 Å². The summed E-state index contributed by atoms with van der Waals surface area (Å²) in [7, 11) is 0. The number of rotatable bonds is 4. The van der Waals surface area contributed by atoms with Crippen LogP contribution in [0.15, 0.2) is 6.33 Å². The van der Waals surface area contributed by atoms with Crippen molar-refractivity contribution in [2.24, 2.45) is 5.92 Å². The Morgan fingerprint density at radius 1 is 1.45 bits per heavy atom. The highest BCUT2D eigenvalue weighted by Crippen LogP contribution is 2.33. The molecule has 0 aromatic carbocycles. The van der Waals surface area contributed by atoms with Crippen LogP contribution in [-0.4, -0.2) is 34.5 Å². The Bertz CT molecular complexity index is 480. The zero-order valence-electron chi connectivity index (χ0n) is 12.0. The van der Waals surface area contributed by atoms with Gasteiger partial charge in [0.15, 0.2) is 0 Å². The highest BCUT2D eigenvalue weighted by molar-refractivity contribution is 5.70. The van der Waals surface area contributed by atoms with Crippen LogP contribution in [0.4, 0.5) is 17.3 Å². The van der Waals surface area contributed by atoms with Crippen molar-refractivity contribution in [2.45, 2.75) is 33.1 Å². The molecule has 110 valence electrons. The third kappa shape index (κ3) is 3.15. The van der Waals surface area contributed by atoms with E-state index in [4.69, 9.17) is 0 Å². The van der Waals surface area contributed by atoms with Crippen molar-refractivity contribution in [3.63, 3.8) is 0 Å². The fraction of sp³-hybridized carbons (Fsp3) is 0.692. The number of hydrogen-bond donors (Lipinski definition) is 1. The van der Waals surface area contributed by atoms with Gasteiger partial charge < -0.3 is 10.2 Å². The molecule has 1 aromatic heterocycles. The molecule has 2 rings (SSSR count). The number of nitrogens with zero attached hydrogens (tertiary/aromatic N) is 4. The van der Waals surface area contributed by atoms with Crippen molar-refractivity contribution in [2.75, 3.05) is 29.9 Å². The van der Waals surface area contributed by atoms with E-state index < -0.39 is 0 Å². The smallest absolute Gasteiger partial charge is 0.353 e. The highest BCUT2D eigenvalue weighted by Gasteiger charge is 2.27. The number of aromatic nitrogens is 2. The van der Waals surface area contributed by atoms with E-state index >= 15 is 0 Å². The first kappa shape index (κ1) is 14.5. The van der Waals surface area contributed by atoms with Gasteiger partial charge in [-0.15, -0.1) is 0 Å². The molecule has 0 aliphatic carbocycles. The van der Waals surface area contributed by atoms with Gasteiger partial charge in [-0.1, -0.05) is 6.92 Å². The van der Waals surface area contributed by atoms with Crippen molar-refractivity contribution >= 4 is 17.3 Å². The monoisotopic (exact) mass is 279 g/mol. The lowest BCUT2D eigenvalue weighted by molar-refractivity contribution is -0.383. The molecule has 0 amide bonds. The number of anilines is 2. The first-order valence-corrected chi connectivity index (χ1v) is 7.11. The molecule has 1 unspecified atom stereocenters. The topological polar surface area (TPSA) is 84.2 Å². The van der Waals surface area contributed by atoms with E-state index in [2.05, 4.69) is 22.2 Å². The van der Waals surface area contributed by atoms with Crippen molar-refractivity contribution in [1.82, 2.24) is 9.97 Å². The standard InChI is InChI=1S/C13H21N5O2/c1-3-14-12-11(18(19)20)13(16-9-15-12)17-7-4-5-10(2)6-8-17/h9-10H,3-8H2,1-2H3,(H,14,15,16). The zero-order chi connectivity index (χ0) is 14.5. The maximum Gasteiger partial charge on any atom is 0.353 e. The van der Waals surface area contributed by atoms with E-state index in [0.29, 0.717) is 24.1 Å². The Morgan fingerprint density at radius 2 is 2.25 bits per heavy atom. The lowest BCUT2D eigenvalue weighted by atomic mass is 10.0. The molecule has 7 nitrogen and oxygen atoms in total. The average Bonchev–Trinajstić information content (AvgIpc) is 2.63. The highest BCUT2D eigenvalue weighted by atomic mass is 16.6. The van der Waals surface area contributed by atoms with Crippen LogP contribution in [0.3, 0.4) is 0 Å². The minimum atomic E-state index is -0.387. The second-order valence-corrected chi connectivity index (χ2v) is 5.21. The molecular formula is C13H21N5O2. The molecular weight excluding hydrogens is 258 g/mol. The van der Waals surface area contributed by atoms with E-state index in [1.165, 1.54) is 6.33 Å². The summed E-state index contributed by atoms with van der Waals surface area (Å²) in [5, 5.41) is 14.3. The van der Waals surface area contributed by atoms with Gasteiger partial charge in [-0.25, -0.2) is 9.97 Å². The zero-order valence-corrected chi connectivity index (χ0v) is 12.0. The Balaban J connectivity index is 2.34. The summed E-state index contributed by atoms with van der Waals surface area (Å²) in [6.07, 6.45) is 4.64. The van der Waals surface area contributed by atoms with E-state index in [-0.39, 0.29) is 10.6 Å².